The predicted molar refractivity (Wildman–Crippen MR) is 83.6 cm³/mol. The van der Waals surface area contributed by atoms with Crippen LogP contribution in [-0.4, -0.2) is 21.8 Å². The molecular weight excluding hydrogens is 349 g/mol. The van der Waals surface area contributed by atoms with E-state index >= 15 is 0 Å². The van der Waals surface area contributed by atoms with E-state index in [1.807, 2.05) is 0 Å². The highest BCUT2D eigenvalue weighted by Gasteiger charge is 2.38. The summed E-state index contributed by atoms with van der Waals surface area (Å²) in [6, 6.07) is 6.56. The smallest absolute Gasteiger partial charge is 0.267 e. The van der Waals surface area contributed by atoms with E-state index < -0.39 is 16.7 Å². The predicted octanol–water partition coefficient (Wildman–Crippen LogP) is 3.49. The summed E-state index contributed by atoms with van der Waals surface area (Å²) in [5.41, 5.74) is 1.22. The summed E-state index contributed by atoms with van der Waals surface area (Å²) < 4.78 is 0. The quantitative estimate of drug-likeness (QED) is 0.624. The molecule has 112 valence electrons. The summed E-state index contributed by atoms with van der Waals surface area (Å²) in [5, 5.41) is 0. The molecular formula is C14H8Cl3N3O2. The topological polar surface area (TPSA) is 63.2 Å². The molecule has 2 aromatic rings. The van der Waals surface area contributed by atoms with Gasteiger partial charge in [-0.3, -0.25) is 9.59 Å². The number of fused-ring (bicyclic) bond motifs is 1. The van der Waals surface area contributed by atoms with Crippen LogP contribution in [0.3, 0.4) is 0 Å². The van der Waals surface area contributed by atoms with Crippen LogP contribution in [0.5, 0.6) is 0 Å². The molecule has 1 aromatic heterocycles. The number of nitrogens with zero attached hydrogens (tertiary/aromatic N) is 3. The van der Waals surface area contributed by atoms with Crippen LogP contribution in [0, 0.1) is 0 Å². The van der Waals surface area contributed by atoms with Crippen molar-refractivity contribution in [3.05, 3.63) is 53.0 Å². The monoisotopic (exact) mass is 355 g/mol. The number of aromatic nitrogens is 2. The van der Waals surface area contributed by atoms with E-state index in [0.29, 0.717) is 16.8 Å². The van der Waals surface area contributed by atoms with Gasteiger partial charge in [-0.25, -0.2) is 14.9 Å². The summed E-state index contributed by atoms with van der Waals surface area (Å²) >= 11 is 17.3. The van der Waals surface area contributed by atoms with Gasteiger partial charge in [0.2, 0.25) is 0 Å². The van der Waals surface area contributed by atoms with Crippen LogP contribution < -0.4 is 4.90 Å². The van der Waals surface area contributed by atoms with E-state index in [1.165, 1.54) is 6.20 Å². The molecule has 8 heteroatoms. The second kappa shape index (κ2) is 5.83. The van der Waals surface area contributed by atoms with Gasteiger partial charge in [-0.15, -0.1) is 11.6 Å². The van der Waals surface area contributed by atoms with E-state index in [1.54, 1.807) is 24.3 Å². The van der Waals surface area contributed by atoms with Crippen molar-refractivity contribution in [1.82, 2.24) is 9.97 Å². The van der Waals surface area contributed by atoms with E-state index in [9.17, 15) is 9.59 Å². The van der Waals surface area contributed by atoms with E-state index in [0.717, 1.165) is 4.90 Å². The lowest BCUT2D eigenvalue weighted by atomic mass is 10.1. The van der Waals surface area contributed by atoms with Crippen molar-refractivity contribution in [3.63, 3.8) is 0 Å². The summed E-state index contributed by atoms with van der Waals surface area (Å²) in [4.78, 5) is 33.2. The lowest BCUT2D eigenvalue weighted by Gasteiger charge is -2.16. The number of hydrogen-bond donors (Lipinski definition) is 0. The second-order valence-electron chi connectivity index (χ2n) is 4.49. The molecule has 0 radical (unpaired) electrons. The first-order valence-corrected chi connectivity index (χ1v) is 7.63. The highest BCUT2D eigenvalue weighted by Crippen LogP contribution is 2.31. The standard InChI is InChI=1S/C14H8Cl3N3O2/c15-5-9-12(18-6-10(19-9)11(16)17)20-13(21)7-3-1-2-4-8(7)14(20)22/h1-4,6,11H,5H2. The van der Waals surface area contributed by atoms with Crippen molar-refractivity contribution in [2.45, 2.75) is 10.7 Å². The van der Waals surface area contributed by atoms with E-state index in [2.05, 4.69) is 9.97 Å². The molecule has 0 fully saturated rings. The molecule has 0 N–H and O–H groups in total. The lowest BCUT2D eigenvalue weighted by molar-refractivity contribution is 0.0924. The average molecular weight is 357 g/mol. The molecule has 3 rings (SSSR count). The zero-order chi connectivity index (χ0) is 15.9. The minimum atomic E-state index is -0.870. The Bertz CT molecular complexity index is 745. The Morgan fingerprint density at radius 1 is 1.09 bits per heavy atom. The van der Waals surface area contributed by atoms with Crippen LogP contribution in [0.2, 0.25) is 0 Å². The fourth-order valence-corrected chi connectivity index (χ4v) is 2.59. The van der Waals surface area contributed by atoms with Crippen molar-refractivity contribution in [2.24, 2.45) is 0 Å². The summed E-state index contributed by atoms with van der Waals surface area (Å²) in [5.74, 6) is -0.854. The van der Waals surface area contributed by atoms with E-state index in [4.69, 9.17) is 34.8 Å². The number of alkyl halides is 3. The number of hydrogen-bond acceptors (Lipinski definition) is 4. The lowest BCUT2D eigenvalue weighted by Crippen LogP contribution is -2.31. The number of halogens is 3. The van der Waals surface area contributed by atoms with Gasteiger partial charge in [-0.1, -0.05) is 35.3 Å². The molecule has 1 aliphatic rings. The van der Waals surface area contributed by atoms with Crippen molar-refractivity contribution in [3.8, 4) is 0 Å². The fourth-order valence-electron chi connectivity index (χ4n) is 2.20. The van der Waals surface area contributed by atoms with Crippen LogP contribution in [0.1, 0.15) is 36.9 Å². The minimum Gasteiger partial charge on any atom is -0.268 e. The third kappa shape index (κ3) is 2.35. The highest BCUT2D eigenvalue weighted by atomic mass is 35.5. The van der Waals surface area contributed by atoms with Crippen molar-refractivity contribution < 1.29 is 9.59 Å². The molecule has 0 saturated carbocycles. The molecule has 0 saturated heterocycles. The third-order valence-electron chi connectivity index (χ3n) is 3.20. The molecule has 2 amide bonds. The maximum atomic E-state index is 12.4. The molecule has 0 aliphatic carbocycles. The molecule has 0 bridgehead atoms. The Balaban J connectivity index is 2.10. The molecule has 0 spiro atoms. The number of carbonyl (C=O) groups excluding carboxylic acids is 2. The summed E-state index contributed by atoms with van der Waals surface area (Å²) in [6.45, 7) is 0. The summed E-state index contributed by atoms with van der Waals surface area (Å²) in [7, 11) is 0. The van der Waals surface area contributed by atoms with Crippen LogP contribution in [-0.2, 0) is 5.88 Å². The molecule has 1 aromatic carbocycles. The van der Waals surface area contributed by atoms with Gasteiger partial charge in [-0.2, -0.15) is 0 Å². The number of benzene rings is 1. The Morgan fingerprint density at radius 3 is 2.18 bits per heavy atom. The van der Waals surface area contributed by atoms with Crippen LogP contribution >= 0.6 is 34.8 Å². The zero-order valence-corrected chi connectivity index (χ0v) is 13.2. The molecule has 0 unspecified atom stereocenters. The maximum Gasteiger partial charge on any atom is 0.267 e. The van der Waals surface area contributed by atoms with Gasteiger partial charge in [0.1, 0.15) is 0 Å². The second-order valence-corrected chi connectivity index (χ2v) is 5.85. The molecule has 5 nitrogen and oxygen atoms in total. The molecule has 2 heterocycles. The van der Waals surface area contributed by atoms with Crippen molar-refractivity contribution in [2.75, 3.05) is 4.90 Å². The number of imide groups is 1. The minimum absolute atomic E-state index is 0.0376. The number of carbonyl (C=O) groups is 2. The molecule has 1 aliphatic heterocycles. The van der Waals surface area contributed by atoms with Crippen molar-refractivity contribution in [1.29, 1.82) is 0 Å². The molecule has 22 heavy (non-hydrogen) atoms. The zero-order valence-electron chi connectivity index (χ0n) is 11.0. The fraction of sp³-hybridized carbons (Fsp3) is 0.143. The average Bonchev–Trinajstić information content (AvgIpc) is 2.78. The highest BCUT2D eigenvalue weighted by molar-refractivity contribution is 6.43. The van der Waals surface area contributed by atoms with Gasteiger partial charge in [0, 0.05) is 0 Å². The number of rotatable bonds is 3. The van der Waals surface area contributed by atoms with Crippen molar-refractivity contribution >= 4 is 52.4 Å². The summed E-state index contributed by atoms with van der Waals surface area (Å²) in [6.07, 6.45) is 1.32. The maximum absolute atomic E-state index is 12.4. The van der Waals surface area contributed by atoms with E-state index in [-0.39, 0.29) is 17.4 Å². The van der Waals surface area contributed by atoms with Gasteiger partial charge in [-0.05, 0) is 12.1 Å². The first-order chi connectivity index (χ1) is 10.5. The van der Waals surface area contributed by atoms with Gasteiger partial charge in [0.15, 0.2) is 10.7 Å². The third-order valence-corrected chi connectivity index (χ3v) is 3.90. The Hall–Kier alpha value is -1.69. The van der Waals surface area contributed by atoms with Gasteiger partial charge in [0.25, 0.3) is 11.8 Å². The van der Waals surface area contributed by atoms with Crippen LogP contribution in [0.25, 0.3) is 0 Å². The van der Waals surface area contributed by atoms with Gasteiger partial charge >= 0.3 is 0 Å². The normalized spacial score (nSPS) is 13.9. The SMILES string of the molecule is O=C1c2ccccc2C(=O)N1c1ncc(C(Cl)Cl)nc1CCl. The Labute approximate surface area is 140 Å². The molecule has 0 atom stereocenters. The van der Waals surface area contributed by atoms with Crippen LogP contribution in [0.15, 0.2) is 30.5 Å². The first kappa shape index (κ1) is 15.2. The Morgan fingerprint density at radius 2 is 1.68 bits per heavy atom. The first-order valence-electron chi connectivity index (χ1n) is 6.22. The van der Waals surface area contributed by atoms with Gasteiger partial charge < -0.3 is 0 Å². The van der Waals surface area contributed by atoms with Gasteiger partial charge in [0.05, 0.1) is 34.6 Å². The number of amides is 2. The van der Waals surface area contributed by atoms with Crippen LogP contribution in [0.4, 0.5) is 5.82 Å². The largest absolute Gasteiger partial charge is 0.268 e. The Kier molecular flexibility index (Phi) is 4.04. The number of anilines is 1.